The molecule has 98 valence electrons. The van der Waals surface area contributed by atoms with Gasteiger partial charge in [-0.1, -0.05) is 6.07 Å². The Hall–Kier alpha value is -2.15. The van der Waals surface area contributed by atoms with Crippen molar-refractivity contribution in [3.05, 3.63) is 30.1 Å². The molecule has 0 saturated carbocycles. The number of carbonyl (C=O) groups is 2. The lowest BCUT2D eigenvalue weighted by Gasteiger charge is -2.09. The highest BCUT2D eigenvalue weighted by atomic mass is 16.4. The number of carbonyl (C=O) groups excluding carboxylic acids is 1. The summed E-state index contributed by atoms with van der Waals surface area (Å²) in [7, 11) is 0. The molecule has 0 radical (unpaired) electrons. The van der Waals surface area contributed by atoms with Gasteiger partial charge in [-0.2, -0.15) is 0 Å². The predicted molar refractivity (Wildman–Crippen MR) is 63.0 cm³/mol. The van der Waals surface area contributed by atoms with Crippen molar-refractivity contribution < 1.29 is 19.8 Å². The van der Waals surface area contributed by atoms with Gasteiger partial charge in [-0.15, -0.1) is 0 Å². The van der Waals surface area contributed by atoms with Gasteiger partial charge in [0, 0.05) is 24.9 Å². The summed E-state index contributed by atoms with van der Waals surface area (Å²) in [4.78, 5) is 25.6. The van der Waals surface area contributed by atoms with Crippen LogP contribution in [0.5, 0.6) is 0 Å². The molecule has 0 bridgehead atoms. The van der Waals surface area contributed by atoms with Gasteiger partial charge in [-0.3, -0.25) is 4.98 Å². The highest BCUT2D eigenvalue weighted by Gasteiger charge is 2.13. The molecule has 1 unspecified atom stereocenters. The van der Waals surface area contributed by atoms with Crippen molar-refractivity contribution in [1.29, 1.82) is 0 Å². The Labute approximate surface area is 104 Å². The molecule has 2 amide bonds. The molecule has 0 spiro atoms. The minimum Gasteiger partial charge on any atom is -0.479 e. The van der Waals surface area contributed by atoms with Crippen LogP contribution in [0.1, 0.15) is 5.69 Å². The molecule has 0 fully saturated rings. The van der Waals surface area contributed by atoms with Crippen molar-refractivity contribution in [3.8, 4) is 0 Å². The fourth-order valence-electron chi connectivity index (χ4n) is 1.19. The predicted octanol–water partition coefficient (Wildman–Crippen LogP) is -0.631. The zero-order chi connectivity index (χ0) is 13.4. The summed E-state index contributed by atoms with van der Waals surface area (Å²) < 4.78 is 0. The quantitative estimate of drug-likeness (QED) is 0.539. The van der Waals surface area contributed by atoms with Crippen LogP contribution in [0.2, 0.25) is 0 Å². The Morgan fingerprint density at radius 1 is 1.33 bits per heavy atom. The topological polar surface area (TPSA) is 112 Å². The molecule has 1 heterocycles. The zero-order valence-corrected chi connectivity index (χ0v) is 9.67. The second-order valence-electron chi connectivity index (χ2n) is 3.56. The van der Waals surface area contributed by atoms with Gasteiger partial charge < -0.3 is 20.8 Å². The Morgan fingerprint density at radius 3 is 2.72 bits per heavy atom. The Bertz CT molecular complexity index is 397. The van der Waals surface area contributed by atoms with E-state index in [1.54, 1.807) is 12.3 Å². The van der Waals surface area contributed by atoms with E-state index in [2.05, 4.69) is 15.6 Å². The number of amides is 2. The first-order valence-electron chi connectivity index (χ1n) is 5.42. The molecule has 0 aliphatic rings. The van der Waals surface area contributed by atoms with E-state index in [4.69, 9.17) is 10.2 Å². The molecule has 0 aliphatic heterocycles. The molecule has 7 heteroatoms. The number of hydrogen-bond donors (Lipinski definition) is 4. The average molecular weight is 253 g/mol. The summed E-state index contributed by atoms with van der Waals surface area (Å²) in [5.41, 5.74) is 0.850. The van der Waals surface area contributed by atoms with Gasteiger partial charge in [0.15, 0.2) is 6.10 Å². The number of carboxylic acids is 1. The SMILES string of the molecule is O=C(NCCc1ccccn1)NCC(O)C(=O)O. The molecule has 7 nitrogen and oxygen atoms in total. The van der Waals surface area contributed by atoms with Gasteiger partial charge in [0.25, 0.3) is 0 Å². The van der Waals surface area contributed by atoms with E-state index in [1.165, 1.54) is 0 Å². The van der Waals surface area contributed by atoms with E-state index >= 15 is 0 Å². The second kappa shape index (κ2) is 7.23. The summed E-state index contributed by atoms with van der Waals surface area (Å²) in [6.45, 7) is 0.0523. The number of aliphatic carboxylic acids is 1. The summed E-state index contributed by atoms with van der Waals surface area (Å²) in [5.74, 6) is -1.37. The number of carboxylic acid groups (broad SMARTS) is 1. The lowest BCUT2D eigenvalue weighted by molar-refractivity contribution is -0.146. The van der Waals surface area contributed by atoms with Crippen molar-refractivity contribution in [3.63, 3.8) is 0 Å². The summed E-state index contributed by atoms with van der Waals surface area (Å²) in [6.07, 6.45) is 0.653. The van der Waals surface area contributed by atoms with Crippen LogP contribution in [-0.2, 0) is 11.2 Å². The molecular weight excluding hydrogens is 238 g/mol. The maximum absolute atomic E-state index is 11.2. The van der Waals surface area contributed by atoms with E-state index in [9.17, 15) is 9.59 Å². The van der Waals surface area contributed by atoms with Crippen LogP contribution in [0.15, 0.2) is 24.4 Å². The normalized spacial score (nSPS) is 11.6. The molecule has 0 aliphatic carbocycles. The fraction of sp³-hybridized carbons (Fsp3) is 0.364. The van der Waals surface area contributed by atoms with Crippen LogP contribution in [0, 0.1) is 0 Å². The maximum atomic E-state index is 11.2. The van der Waals surface area contributed by atoms with Gasteiger partial charge in [-0.25, -0.2) is 9.59 Å². The third-order valence-corrected chi connectivity index (χ3v) is 2.13. The van der Waals surface area contributed by atoms with Gasteiger partial charge in [0.1, 0.15) is 0 Å². The van der Waals surface area contributed by atoms with E-state index in [-0.39, 0.29) is 6.54 Å². The molecule has 0 saturated heterocycles. The number of aliphatic hydroxyl groups is 1. The third kappa shape index (κ3) is 5.26. The van der Waals surface area contributed by atoms with Crippen LogP contribution in [0.25, 0.3) is 0 Å². The number of hydrogen-bond acceptors (Lipinski definition) is 4. The molecule has 0 aromatic carbocycles. The van der Waals surface area contributed by atoms with Gasteiger partial charge in [0.05, 0.1) is 6.54 Å². The minimum atomic E-state index is -1.59. The first-order chi connectivity index (χ1) is 8.59. The first kappa shape index (κ1) is 13.9. The summed E-state index contributed by atoms with van der Waals surface area (Å²) in [5, 5.41) is 22.1. The molecular formula is C11H15N3O4. The largest absolute Gasteiger partial charge is 0.479 e. The Balaban J connectivity index is 2.16. The Morgan fingerprint density at radius 2 is 2.11 bits per heavy atom. The maximum Gasteiger partial charge on any atom is 0.334 e. The molecule has 1 aromatic rings. The number of nitrogens with one attached hydrogen (secondary N) is 2. The molecule has 18 heavy (non-hydrogen) atoms. The van der Waals surface area contributed by atoms with Crippen LogP contribution in [-0.4, -0.2) is 46.4 Å². The van der Waals surface area contributed by atoms with Crippen molar-refractivity contribution in [1.82, 2.24) is 15.6 Å². The highest BCUT2D eigenvalue weighted by Crippen LogP contribution is 1.92. The summed E-state index contributed by atoms with van der Waals surface area (Å²) in [6, 6.07) is 4.97. The van der Waals surface area contributed by atoms with Crippen molar-refractivity contribution in [2.45, 2.75) is 12.5 Å². The molecule has 4 N–H and O–H groups in total. The van der Waals surface area contributed by atoms with E-state index < -0.39 is 18.1 Å². The number of urea groups is 1. The number of nitrogens with zero attached hydrogens (tertiary/aromatic N) is 1. The van der Waals surface area contributed by atoms with Gasteiger partial charge in [-0.05, 0) is 12.1 Å². The first-order valence-corrected chi connectivity index (χ1v) is 5.42. The summed E-state index contributed by atoms with van der Waals surface area (Å²) >= 11 is 0. The minimum absolute atomic E-state index is 0.329. The lowest BCUT2D eigenvalue weighted by Crippen LogP contribution is -2.42. The van der Waals surface area contributed by atoms with Gasteiger partial charge in [0.2, 0.25) is 0 Å². The monoisotopic (exact) mass is 253 g/mol. The van der Waals surface area contributed by atoms with Crippen LogP contribution >= 0.6 is 0 Å². The number of aliphatic hydroxyl groups excluding tert-OH is 1. The van der Waals surface area contributed by atoms with Crippen LogP contribution < -0.4 is 10.6 Å². The van der Waals surface area contributed by atoms with E-state index in [1.807, 2.05) is 12.1 Å². The second-order valence-corrected chi connectivity index (χ2v) is 3.56. The Kier molecular flexibility index (Phi) is 5.59. The van der Waals surface area contributed by atoms with E-state index in [0.29, 0.717) is 13.0 Å². The number of aromatic nitrogens is 1. The lowest BCUT2D eigenvalue weighted by atomic mass is 10.3. The number of pyridine rings is 1. The zero-order valence-electron chi connectivity index (χ0n) is 9.67. The van der Waals surface area contributed by atoms with Crippen molar-refractivity contribution in [2.24, 2.45) is 0 Å². The molecule has 1 rings (SSSR count). The molecule has 1 atom stereocenters. The fourth-order valence-corrected chi connectivity index (χ4v) is 1.19. The van der Waals surface area contributed by atoms with Crippen molar-refractivity contribution >= 4 is 12.0 Å². The standard InChI is InChI=1S/C11H15N3O4/c15-9(10(16)17)7-14-11(18)13-6-4-8-3-1-2-5-12-8/h1-3,5,9,15H,4,6-7H2,(H,16,17)(H2,13,14,18). The highest BCUT2D eigenvalue weighted by molar-refractivity contribution is 5.76. The number of rotatable bonds is 6. The van der Waals surface area contributed by atoms with Crippen LogP contribution in [0.3, 0.4) is 0 Å². The average Bonchev–Trinajstić information content (AvgIpc) is 2.37. The van der Waals surface area contributed by atoms with Crippen LogP contribution in [0.4, 0.5) is 4.79 Å². The van der Waals surface area contributed by atoms with Crippen molar-refractivity contribution in [2.75, 3.05) is 13.1 Å². The third-order valence-electron chi connectivity index (χ3n) is 2.13. The molecule has 1 aromatic heterocycles. The van der Waals surface area contributed by atoms with Gasteiger partial charge >= 0.3 is 12.0 Å². The smallest absolute Gasteiger partial charge is 0.334 e. The van der Waals surface area contributed by atoms with E-state index in [0.717, 1.165) is 5.69 Å².